The van der Waals surface area contributed by atoms with Crippen LogP contribution >= 0.6 is 0 Å². The number of nitrogens with two attached hydrogens (primary N) is 1. The van der Waals surface area contributed by atoms with E-state index >= 15 is 0 Å². The molecule has 3 amide bonds. The van der Waals surface area contributed by atoms with Crippen LogP contribution in [0.1, 0.15) is 47.7 Å². The molecule has 5 N–H and O–H groups in total. The number of amides is 3. The summed E-state index contributed by atoms with van der Waals surface area (Å²) in [6.45, 7) is 6.34. The Morgan fingerprint density at radius 2 is 1.80 bits per heavy atom. The standard InChI is InChI=1S/C35H42N4O6Si/c1-22-32(46(2,3)44)30(19-31(41)38-17-7-10-27(38)21-40)45-35(22)28-18-26(37-33(42)24-11-13-25(36)14-12-24)15-16-29(28)39(34(35)43)20-23-8-5-4-6-9-23/h4-6,8-9,11-16,18,22,27,30,32,40,44H,7,10,17,19-21,36H2,1-3H3,(H,37,42)/t22-,27-,30+,32-,35+/m0/s1. The number of aliphatic hydroxyl groups is 1. The molecule has 0 bridgehead atoms. The highest BCUT2D eigenvalue weighted by atomic mass is 28.4. The summed E-state index contributed by atoms with van der Waals surface area (Å²) in [4.78, 5) is 56.6. The maximum Gasteiger partial charge on any atom is 0.264 e. The van der Waals surface area contributed by atoms with Gasteiger partial charge in [0.2, 0.25) is 5.91 Å². The molecular formula is C35H42N4O6Si. The number of fused-ring (bicyclic) bond motifs is 2. The van der Waals surface area contributed by atoms with Crippen LogP contribution in [0.15, 0.2) is 72.8 Å². The van der Waals surface area contributed by atoms with Crippen molar-refractivity contribution < 1.29 is 29.0 Å². The minimum Gasteiger partial charge on any atom is -0.432 e. The average molecular weight is 643 g/mol. The van der Waals surface area contributed by atoms with Crippen LogP contribution in [-0.4, -0.2) is 66.1 Å². The van der Waals surface area contributed by atoms with E-state index in [9.17, 15) is 24.3 Å². The highest BCUT2D eigenvalue weighted by molar-refractivity contribution is 6.71. The van der Waals surface area contributed by atoms with Gasteiger partial charge in [-0.15, -0.1) is 0 Å². The third-order valence-electron chi connectivity index (χ3n) is 9.88. The number of ether oxygens (including phenoxy) is 1. The molecule has 1 spiro atoms. The first-order chi connectivity index (χ1) is 21.9. The van der Waals surface area contributed by atoms with Gasteiger partial charge in [-0.05, 0) is 74.0 Å². The zero-order valence-corrected chi connectivity index (χ0v) is 27.5. The molecule has 10 nitrogen and oxygen atoms in total. The number of carbonyl (C=O) groups excluding carboxylic acids is 3. The molecule has 3 aliphatic rings. The molecule has 2 fully saturated rings. The fourth-order valence-electron chi connectivity index (χ4n) is 7.76. The van der Waals surface area contributed by atoms with Gasteiger partial charge in [-0.3, -0.25) is 14.4 Å². The molecule has 3 aromatic rings. The first-order valence-corrected chi connectivity index (χ1v) is 18.9. The van der Waals surface area contributed by atoms with E-state index in [2.05, 4.69) is 5.32 Å². The Morgan fingerprint density at radius 3 is 2.48 bits per heavy atom. The van der Waals surface area contributed by atoms with Crippen LogP contribution < -0.4 is 16.0 Å². The summed E-state index contributed by atoms with van der Waals surface area (Å²) in [5, 5.41) is 12.8. The van der Waals surface area contributed by atoms with Crippen LogP contribution in [0.2, 0.25) is 18.6 Å². The summed E-state index contributed by atoms with van der Waals surface area (Å²) in [5.74, 6) is -1.20. The van der Waals surface area contributed by atoms with Crippen molar-refractivity contribution in [2.75, 3.05) is 29.1 Å². The summed E-state index contributed by atoms with van der Waals surface area (Å²) < 4.78 is 6.87. The van der Waals surface area contributed by atoms with Crippen molar-refractivity contribution in [3.63, 3.8) is 0 Å². The van der Waals surface area contributed by atoms with E-state index in [4.69, 9.17) is 10.5 Å². The smallest absolute Gasteiger partial charge is 0.264 e. The highest BCUT2D eigenvalue weighted by Crippen LogP contribution is 2.60. The Bertz CT molecular complexity index is 1630. The topological polar surface area (TPSA) is 145 Å². The zero-order valence-electron chi connectivity index (χ0n) is 26.5. The quantitative estimate of drug-likeness (QED) is 0.213. The molecular weight excluding hydrogens is 600 g/mol. The van der Waals surface area contributed by atoms with E-state index in [1.165, 1.54) is 0 Å². The van der Waals surface area contributed by atoms with E-state index in [0.29, 0.717) is 41.3 Å². The van der Waals surface area contributed by atoms with Gasteiger partial charge in [-0.1, -0.05) is 37.3 Å². The highest BCUT2D eigenvalue weighted by Gasteiger charge is 2.66. The number of carbonyl (C=O) groups is 3. The van der Waals surface area contributed by atoms with E-state index in [1.807, 2.05) is 56.4 Å². The molecule has 11 heteroatoms. The molecule has 5 atom stereocenters. The van der Waals surface area contributed by atoms with Crippen molar-refractivity contribution >= 4 is 43.1 Å². The molecule has 3 aromatic carbocycles. The van der Waals surface area contributed by atoms with Gasteiger partial charge < -0.3 is 35.5 Å². The zero-order chi connectivity index (χ0) is 32.8. The van der Waals surface area contributed by atoms with Gasteiger partial charge in [0.1, 0.15) is 0 Å². The lowest BCUT2D eigenvalue weighted by Gasteiger charge is -2.33. The van der Waals surface area contributed by atoms with Gasteiger partial charge in [0.25, 0.3) is 11.8 Å². The number of nitrogen functional groups attached to an aromatic ring is 1. The van der Waals surface area contributed by atoms with Gasteiger partial charge in [0.15, 0.2) is 13.9 Å². The number of hydrogen-bond acceptors (Lipinski definition) is 7. The number of aliphatic hydroxyl groups excluding tert-OH is 1. The van der Waals surface area contributed by atoms with Crippen molar-refractivity contribution in [2.24, 2.45) is 5.92 Å². The average Bonchev–Trinajstić information content (AvgIpc) is 3.68. The van der Waals surface area contributed by atoms with Gasteiger partial charge in [-0.2, -0.15) is 0 Å². The molecule has 3 heterocycles. The Kier molecular flexibility index (Phi) is 8.53. The molecule has 242 valence electrons. The second kappa shape index (κ2) is 12.3. The van der Waals surface area contributed by atoms with Crippen molar-refractivity contribution in [2.45, 2.75) is 69.1 Å². The van der Waals surface area contributed by atoms with E-state index in [-0.39, 0.29) is 36.8 Å². The van der Waals surface area contributed by atoms with Crippen LogP contribution in [-0.2, 0) is 26.5 Å². The molecule has 2 saturated heterocycles. The van der Waals surface area contributed by atoms with Gasteiger partial charge in [0, 0.05) is 40.5 Å². The monoisotopic (exact) mass is 642 g/mol. The predicted octanol–water partition coefficient (Wildman–Crippen LogP) is 4.24. The molecule has 3 aliphatic heterocycles. The predicted molar refractivity (Wildman–Crippen MR) is 178 cm³/mol. The van der Waals surface area contributed by atoms with Gasteiger partial charge >= 0.3 is 0 Å². The summed E-state index contributed by atoms with van der Waals surface area (Å²) in [7, 11) is -3.01. The Morgan fingerprint density at radius 1 is 1.09 bits per heavy atom. The first-order valence-electron chi connectivity index (χ1n) is 15.9. The maximum absolute atomic E-state index is 14.8. The number of anilines is 3. The molecule has 0 saturated carbocycles. The lowest BCUT2D eigenvalue weighted by molar-refractivity contribution is -0.150. The summed E-state index contributed by atoms with van der Waals surface area (Å²) >= 11 is 0. The second-order valence-corrected chi connectivity index (χ2v) is 17.3. The van der Waals surface area contributed by atoms with Crippen molar-refractivity contribution in [1.29, 1.82) is 0 Å². The lowest BCUT2D eigenvalue weighted by Crippen LogP contribution is -2.46. The Balaban J connectivity index is 1.40. The van der Waals surface area contributed by atoms with Crippen molar-refractivity contribution in [3.8, 4) is 0 Å². The second-order valence-electron chi connectivity index (χ2n) is 13.3. The van der Waals surface area contributed by atoms with Crippen LogP contribution in [0.3, 0.4) is 0 Å². The Hall–Kier alpha value is -4.03. The molecule has 6 rings (SSSR count). The molecule has 0 aromatic heterocycles. The maximum atomic E-state index is 14.8. The fraction of sp³-hybridized carbons (Fsp3) is 0.400. The normalized spacial score (nSPS) is 25.7. The summed E-state index contributed by atoms with van der Waals surface area (Å²) in [5.41, 5.74) is 7.57. The van der Waals surface area contributed by atoms with Crippen molar-refractivity contribution in [1.82, 2.24) is 4.90 Å². The van der Waals surface area contributed by atoms with Crippen molar-refractivity contribution in [3.05, 3.63) is 89.5 Å². The number of nitrogens with one attached hydrogen (secondary N) is 1. The minimum atomic E-state index is -3.01. The third-order valence-corrected chi connectivity index (χ3v) is 12.4. The van der Waals surface area contributed by atoms with Crippen LogP contribution in [0.5, 0.6) is 0 Å². The minimum absolute atomic E-state index is 0.000883. The number of benzene rings is 3. The van der Waals surface area contributed by atoms with Gasteiger partial charge in [-0.25, -0.2) is 0 Å². The first kappa shape index (κ1) is 31.9. The lowest BCUT2D eigenvalue weighted by atomic mass is 9.82. The SMILES string of the molecule is C[C@H]1[C@H]([Si](C)(C)O)[C@@H](CC(=O)N2CCC[C@H]2CO)O[C@]12C(=O)N(Cc1ccccc1)c1ccc(NC(=O)c3ccc(N)cc3)cc12. The number of hydrogen-bond donors (Lipinski definition) is 4. The molecule has 0 unspecified atom stereocenters. The van der Waals surface area contributed by atoms with E-state index in [1.54, 1.807) is 46.2 Å². The van der Waals surface area contributed by atoms with Crippen LogP contribution in [0, 0.1) is 5.92 Å². The van der Waals surface area contributed by atoms with Crippen LogP contribution in [0.4, 0.5) is 17.1 Å². The van der Waals surface area contributed by atoms with E-state index in [0.717, 1.165) is 18.4 Å². The number of rotatable bonds is 8. The summed E-state index contributed by atoms with van der Waals surface area (Å²) in [6.07, 6.45) is 0.843. The van der Waals surface area contributed by atoms with Crippen LogP contribution in [0.25, 0.3) is 0 Å². The summed E-state index contributed by atoms with van der Waals surface area (Å²) in [6, 6.07) is 21.4. The molecule has 46 heavy (non-hydrogen) atoms. The van der Waals surface area contributed by atoms with Gasteiger partial charge in [0.05, 0.1) is 37.4 Å². The largest absolute Gasteiger partial charge is 0.432 e. The molecule has 0 aliphatic carbocycles. The molecule has 0 radical (unpaired) electrons. The Labute approximate surface area is 270 Å². The fourth-order valence-corrected chi connectivity index (χ4v) is 10.3. The third kappa shape index (κ3) is 5.61. The van der Waals surface area contributed by atoms with E-state index < -0.39 is 31.5 Å². The number of nitrogens with zero attached hydrogens (tertiary/aromatic N) is 2. The number of likely N-dealkylation sites (tertiary alicyclic amines) is 1.